The third kappa shape index (κ3) is 1.97. The Morgan fingerprint density at radius 1 is 0.893 bits per heavy atom. The first-order valence-corrected chi connectivity index (χ1v) is 9.21. The molecule has 3 aromatic carbocycles. The van der Waals surface area contributed by atoms with Crippen molar-refractivity contribution >= 4 is 21.5 Å². The average Bonchev–Trinajstić information content (AvgIpc) is 3.44. The number of rotatable bonds is 2. The molecule has 6 heteroatoms. The first kappa shape index (κ1) is 15.5. The number of aromatic hydroxyl groups is 1. The summed E-state index contributed by atoms with van der Waals surface area (Å²) in [5, 5.41) is 14.4. The van der Waals surface area contributed by atoms with Crippen LogP contribution in [0.3, 0.4) is 0 Å². The van der Waals surface area contributed by atoms with Crippen LogP contribution < -0.4 is 18.9 Å². The van der Waals surface area contributed by atoms with Gasteiger partial charge in [0.25, 0.3) is 0 Å². The van der Waals surface area contributed by atoms with Gasteiger partial charge >= 0.3 is 0 Å². The highest BCUT2D eigenvalue weighted by atomic mass is 16.7. The fourth-order valence-corrected chi connectivity index (χ4v) is 4.15. The summed E-state index contributed by atoms with van der Waals surface area (Å²) in [6.45, 7) is 3.11. The van der Waals surface area contributed by atoms with Crippen LogP contribution in [0.5, 0.6) is 28.9 Å². The molecule has 1 aromatic heterocycles. The van der Waals surface area contributed by atoms with Crippen molar-refractivity contribution in [3.05, 3.63) is 42.6 Å². The molecule has 0 aliphatic carbocycles. The third-order valence-corrected chi connectivity index (χ3v) is 5.48. The van der Waals surface area contributed by atoms with Crippen molar-refractivity contribution in [3.8, 4) is 40.0 Å². The molecule has 140 valence electrons. The van der Waals surface area contributed by atoms with Crippen LogP contribution in [0.2, 0.25) is 0 Å². The number of aromatic nitrogens is 1. The molecule has 28 heavy (non-hydrogen) atoms. The maximum atomic E-state index is 10.7. The predicted octanol–water partition coefficient (Wildman–Crippen LogP) is 4.64. The molecular formula is C22H17NO5. The molecular weight excluding hydrogens is 358 g/mol. The topological polar surface area (TPSA) is 62.1 Å². The molecule has 0 saturated carbocycles. The van der Waals surface area contributed by atoms with Crippen LogP contribution >= 0.6 is 0 Å². The zero-order valence-electron chi connectivity index (χ0n) is 15.2. The van der Waals surface area contributed by atoms with Crippen molar-refractivity contribution < 1.29 is 24.1 Å². The number of nitrogens with zero attached hydrogens (tertiary/aromatic N) is 1. The van der Waals surface area contributed by atoms with Crippen molar-refractivity contribution in [2.24, 2.45) is 0 Å². The van der Waals surface area contributed by atoms with Gasteiger partial charge in [0, 0.05) is 34.5 Å². The second kappa shape index (κ2) is 5.48. The molecule has 0 bridgehead atoms. The van der Waals surface area contributed by atoms with Gasteiger partial charge in [0.2, 0.25) is 13.6 Å². The molecule has 4 aromatic rings. The van der Waals surface area contributed by atoms with E-state index < -0.39 is 0 Å². The maximum absolute atomic E-state index is 10.7. The molecule has 6 rings (SSSR count). The summed E-state index contributed by atoms with van der Waals surface area (Å²) in [5.41, 5.74) is 1.95. The van der Waals surface area contributed by atoms with Crippen molar-refractivity contribution in [1.29, 1.82) is 0 Å². The zero-order chi connectivity index (χ0) is 18.8. The molecule has 0 unspecified atom stereocenters. The van der Waals surface area contributed by atoms with E-state index in [1.54, 1.807) is 0 Å². The normalized spacial score (nSPS) is 14.3. The number of benzene rings is 3. The molecule has 3 heterocycles. The fraction of sp³-hybridized carbons (Fsp3) is 0.182. The minimum absolute atomic E-state index is 0.203. The largest absolute Gasteiger partial charge is 0.494 e. The summed E-state index contributed by atoms with van der Waals surface area (Å²) < 4.78 is 24.4. The van der Waals surface area contributed by atoms with E-state index in [1.165, 1.54) is 0 Å². The number of aryl methyl sites for hydroxylation is 1. The highest BCUT2D eigenvalue weighted by Gasteiger charge is 2.25. The van der Waals surface area contributed by atoms with E-state index in [2.05, 4.69) is 0 Å². The van der Waals surface area contributed by atoms with Crippen LogP contribution in [-0.2, 0) is 6.54 Å². The lowest BCUT2D eigenvalue weighted by Crippen LogP contribution is -1.93. The van der Waals surface area contributed by atoms with Gasteiger partial charge in [-0.1, -0.05) is 12.1 Å². The predicted molar refractivity (Wildman–Crippen MR) is 104 cm³/mol. The maximum Gasteiger partial charge on any atom is 0.231 e. The summed E-state index contributed by atoms with van der Waals surface area (Å²) >= 11 is 0. The fourth-order valence-electron chi connectivity index (χ4n) is 4.15. The molecule has 0 radical (unpaired) electrons. The standard InChI is InChI=1S/C22H17NO5/c1-2-23-9-15-14(22(23)24)7-12-4-6-17-21(28-11-26-17)20(12)19(15)13-3-5-16-18(8-13)27-10-25-16/h3-9,24H,2,10-11H2,1H3. The van der Waals surface area contributed by atoms with Gasteiger partial charge in [-0.15, -0.1) is 0 Å². The van der Waals surface area contributed by atoms with E-state index in [1.807, 2.05) is 54.1 Å². The lowest BCUT2D eigenvalue weighted by atomic mass is 9.93. The lowest BCUT2D eigenvalue weighted by molar-refractivity contribution is 0.174. The molecule has 0 amide bonds. The highest BCUT2D eigenvalue weighted by molar-refractivity contribution is 6.17. The molecule has 0 spiro atoms. The van der Waals surface area contributed by atoms with Gasteiger partial charge in [-0.05, 0) is 42.1 Å². The number of hydrogen-bond acceptors (Lipinski definition) is 5. The second-order valence-electron chi connectivity index (χ2n) is 6.92. The van der Waals surface area contributed by atoms with Gasteiger partial charge in [0.1, 0.15) is 0 Å². The molecule has 2 aliphatic heterocycles. The number of fused-ring (bicyclic) bond motifs is 5. The average molecular weight is 375 g/mol. The summed E-state index contributed by atoms with van der Waals surface area (Å²) in [5.74, 6) is 3.17. The van der Waals surface area contributed by atoms with Crippen LogP contribution in [0.25, 0.3) is 32.7 Å². The summed E-state index contributed by atoms with van der Waals surface area (Å²) in [6, 6.07) is 11.8. The first-order chi connectivity index (χ1) is 13.7. The Labute approximate surface area is 160 Å². The molecule has 2 aliphatic rings. The first-order valence-electron chi connectivity index (χ1n) is 9.21. The Bertz CT molecular complexity index is 1270. The summed E-state index contributed by atoms with van der Waals surface area (Å²) in [7, 11) is 0. The Morgan fingerprint density at radius 3 is 2.57 bits per heavy atom. The Balaban J connectivity index is 1.78. The third-order valence-electron chi connectivity index (χ3n) is 5.48. The second-order valence-corrected chi connectivity index (χ2v) is 6.92. The van der Waals surface area contributed by atoms with Gasteiger partial charge < -0.3 is 28.6 Å². The van der Waals surface area contributed by atoms with Crippen molar-refractivity contribution in [2.75, 3.05) is 13.6 Å². The van der Waals surface area contributed by atoms with Crippen LogP contribution in [0.15, 0.2) is 42.6 Å². The van der Waals surface area contributed by atoms with Gasteiger partial charge in [-0.25, -0.2) is 0 Å². The Hall–Kier alpha value is -3.54. The van der Waals surface area contributed by atoms with Crippen LogP contribution in [0.4, 0.5) is 0 Å². The SMILES string of the molecule is CCn1cc2c(-c3ccc4c(c3)OCO4)c3c4c(ccc3cc2c1O)OCO4. The minimum atomic E-state index is 0.203. The molecule has 0 saturated heterocycles. The number of hydrogen-bond donors (Lipinski definition) is 1. The van der Waals surface area contributed by atoms with E-state index in [0.717, 1.165) is 49.9 Å². The van der Waals surface area contributed by atoms with Gasteiger partial charge in [-0.3, -0.25) is 0 Å². The van der Waals surface area contributed by atoms with E-state index in [-0.39, 0.29) is 19.5 Å². The Morgan fingerprint density at radius 2 is 1.68 bits per heavy atom. The molecule has 1 N–H and O–H groups in total. The van der Waals surface area contributed by atoms with E-state index in [0.29, 0.717) is 12.3 Å². The molecule has 0 fully saturated rings. The smallest absolute Gasteiger partial charge is 0.231 e. The number of ether oxygens (including phenoxy) is 4. The Kier molecular flexibility index (Phi) is 3.04. The van der Waals surface area contributed by atoms with Crippen LogP contribution in [0.1, 0.15) is 6.92 Å². The summed E-state index contributed by atoms with van der Waals surface area (Å²) in [4.78, 5) is 0. The van der Waals surface area contributed by atoms with E-state index in [4.69, 9.17) is 18.9 Å². The molecule has 0 atom stereocenters. The van der Waals surface area contributed by atoms with Crippen molar-refractivity contribution in [2.45, 2.75) is 13.5 Å². The minimum Gasteiger partial charge on any atom is -0.494 e. The monoisotopic (exact) mass is 375 g/mol. The van der Waals surface area contributed by atoms with Crippen LogP contribution in [-0.4, -0.2) is 23.3 Å². The van der Waals surface area contributed by atoms with Crippen molar-refractivity contribution in [3.63, 3.8) is 0 Å². The zero-order valence-corrected chi connectivity index (χ0v) is 15.2. The molecule has 6 nitrogen and oxygen atoms in total. The van der Waals surface area contributed by atoms with Gasteiger partial charge in [0.15, 0.2) is 28.9 Å². The van der Waals surface area contributed by atoms with E-state index >= 15 is 0 Å². The van der Waals surface area contributed by atoms with Gasteiger partial charge in [-0.2, -0.15) is 0 Å². The van der Waals surface area contributed by atoms with Gasteiger partial charge in [0.05, 0.1) is 0 Å². The van der Waals surface area contributed by atoms with Crippen LogP contribution in [0, 0.1) is 0 Å². The lowest BCUT2D eigenvalue weighted by Gasteiger charge is -2.12. The quantitative estimate of drug-likeness (QED) is 0.553. The highest BCUT2D eigenvalue weighted by Crippen LogP contribution is 2.49. The van der Waals surface area contributed by atoms with Crippen molar-refractivity contribution in [1.82, 2.24) is 4.57 Å². The summed E-state index contributed by atoms with van der Waals surface area (Å²) in [6.07, 6.45) is 1.99. The van der Waals surface area contributed by atoms with E-state index in [9.17, 15) is 5.11 Å².